The monoisotopic (exact) mass is 492 g/mol. The van der Waals surface area contributed by atoms with Crippen molar-refractivity contribution >= 4 is 29.4 Å². The Morgan fingerprint density at radius 2 is 1.78 bits per heavy atom. The molecule has 2 heterocycles. The first-order valence-electron chi connectivity index (χ1n) is 9.39. The summed E-state index contributed by atoms with van der Waals surface area (Å²) < 4.78 is 57.0. The van der Waals surface area contributed by atoms with Crippen LogP contribution in [0.25, 0.3) is 15.8 Å². The first-order chi connectivity index (χ1) is 14.7. The summed E-state index contributed by atoms with van der Waals surface area (Å²) in [6.45, 7) is 3.44. The van der Waals surface area contributed by atoms with E-state index in [0.29, 0.717) is 31.0 Å². The number of alkyl halides is 3. The van der Waals surface area contributed by atoms with Gasteiger partial charge in [0, 0.05) is 18.5 Å². The smallest absolute Gasteiger partial charge is 0.313 e. The van der Waals surface area contributed by atoms with Gasteiger partial charge in [0.1, 0.15) is 5.69 Å². The number of nitrogens with zero attached hydrogens (tertiary/aromatic N) is 3. The number of aromatic nitrogens is 3. The van der Waals surface area contributed by atoms with Crippen molar-refractivity contribution < 1.29 is 27.5 Å². The first-order valence-corrected chi connectivity index (χ1v) is 11.8. The third-order valence-corrected chi connectivity index (χ3v) is 6.89. The molecule has 32 heavy (non-hydrogen) atoms. The van der Waals surface area contributed by atoms with Gasteiger partial charge in [-0.05, 0) is 42.6 Å². The fraction of sp³-hybridized carbons (Fsp3) is 0.389. The molecule has 2 aromatic heterocycles. The van der Waals surface area contributed by atoms with Gasteiger partial charge in [0.05, 0.1) is 21.6 Å². The highest BCUT2D eigenvalue weighted by Gasteiger charge is 2.38. The number of hydrogen-bond acceptors (Lipinski definition) is 5. The van der Waals surface area contributed by atoms with Crippen molar-refractivity contribution in [2.45, 2.75) is 38.4 Å². The molecule has 0 bridgehead atoms. The SMILES string of the molecule is CCC(CC)(NP(=O)(O)O)c1nsc2ccc(-n3c(=O)cc(C(F)(F)F)n(C)c3=O)cc12. The largest absolute Gasteiger partial charge is 0.431 e. The lowest BCUT2D eigenvalue weighted by Crippen LogP contribution is -2.41. The van der Waals surface area contributed by atoms with Crippen LogP contribution in [-0.2, 0) is 23.3 Å². The molecule has 0 radical (unpaired) electrons. The summed E-state index contributed by atoms with van der Waals surface area (Å²) in [5, 5.41) is 2.75. The minimum Gasteiger partial charge on any atom is -0.313 e. The highest BCUT2D eigenvalue weighted by Crippen LogP contribution is 2.43. The molecule has 0 saturated heterocycles. The van der Waals surface area contributed by atoms with Gasteiger partial charge in [0.15, 0.2) is 0 Å². The maximum Gasteiger partial charge on any atom is 0.431 e. The fourth-order valence-electron chi connectivity index (χ4n) is 3.62. The number of halogens is 3. The molecule has 9 nitrogen and oxygen atoms in total. The van der Waals surface area contributed by atoms with Gasteiger partial charge < -0.3 is 9.79 Å². The summed E-state index contributed by atoms with van der Waals surface area (Å²) in [7, 11) is -3.74. The molecule has 3 N–H and O–H groups in total. The van der Waals surface area contributed by atoms with E-state index in [9.17, 15) is 37.1 Å². The van der Waals surface area contributed by atoms with Crippen LogP contribution in [0.15, 0.2) is 33.9 Å². The highest BCUT2D eigenvalue weighted by atomic mass is 32.1. The highest BCUT2D eigenvalue weighted by molar-refractivity contribution is 7.49. The second-order valence-corrected chi connectivity index (χ2v) is 9.32. The average Bonchev–Trinajstić information content (AvgIpc) is 3.11. The van der Waals surface area contributed by atoms with Crippen molar-refractivity contribution in [1.82, 2.24) is 18.6 Å². The van der Waals surface area contributed by atoms with E-state index >= 15 is 0 Å². The Morgan fingerprint density at radius 3 is 2.31 bits per heavy atom. The lowest BCUT2D eigenvalue weighted by Gasteiger charge is -2.32. The van der Waals surface area contributed by atoms with Crippen LogP contribution in [0, 0.1) is 0 Å². The zero-order valence-electron chi connectivity index (χ0n) is 17.2. The van der Waals surface area contributed by atoms with Crippen molar-refractivity contribution in [3.05, 3.63) is 56.5 Å². The standard InChI is InChI=1S/C18H20F3N4O5PS/c1-4-17(5-2,23-31(28,29)30)15-11-8-10(6-7-12(11)32-22-15)25-14(26)9-13(18(19,20)21)24(3)16(25)27/h6-9H,4-5H2,1-3H3,(H3,23,28,29,30). The molecule has 0 aliphatic carbocycles. The van der Waals surface area contributed by atoms with Gasteiger partial charge in [-0.1, -0.05) is 13.8 Å². The Morgan fingerprint density at radius 1 is 1.16 bits per heavy atom. The molecule has 1 aromatic carbocycles. The van der Waals surface area contributed by atoms with E-state index in [1.54, 1.807) is 19.9 Å². The van der Waals surface area contributed by atoms with Crippen LogP contribution in [-0.4, -0.2) is 23.3 Å². The molecule has 0 spiro atoms. The van der Waals surface area contributed by atoms with Gasteiger partial charge in [-0.3, -0.25) is 9.36 Å². The second-order valence-electron chi connectivity index (χ2n) is 7.20. The Kier molecular flexibility index (Phi) is 6.26. The normalized spacial score (nSPS) is 13.1. The van der Waals surface area contributed by atoms with Gasteiger partial charge >= 0.3 is 19.6 Å². The summed E-state index contributed by atoms with van der Waals surface area (Å²) in [5.74, 6) is 0. The summed E-state index contributed by atoms with van der Waals surface area (Å²) >= 11 is 1.06. The molecule has 174 valence electrons. The number of rotatable bonds is 6. The van der Waals surface area contributed by atoms with Gasteiger partial charge in [-0.25, -0.2) is 19.0 Å². The molecule has 0 aliphatic rings. The van der Waals surface area contributed by atoms with Crippen LogP contribution < -0.4 is 16.3 Å². The third-order valence-electron chi connectivity index (χ3n) is 5.34. The van der Waals surface area contributed by atoms with E-state index in [0.717, 1.165) is 18.6 Å². The van der Waals surface area contributed by atoms with E-state index in [2.05, 4.69) is 9.46 Å². The van der Waals surface area contributed by atoms with Crippen LogP contribution in [0.5, 0.6) is 0 Å². The number of nitrogens with one attached hydrogen (secondary N) is 1. The number of fused-ring (bicyclic) bond motifs is 1. The van der Waals surface area contributed by atoms with Gasteiger partial charge in [-0.2, -0.15) is 17.5 Å². The summed E-state index contributed by atoms with van der Waals surface area (Å²) in [6, 6.07) is 4.70. The van der Waals surface area contributed by atoms with Gasteiger partial charge in [0.25, 0.3) is 5.56 Å². The topological polar surface area (TPSA) is 126 Å². The molecular formula is C18H20F3N4O5PS. The maximum atomic E-state index is 13.1. The fourth-order valence-corrected chi connectivity index (χ4v) is 5.45. The summed E-state index contributed by atoms with van der Waals surface area (Å²) in [5.41, 5.74) is -4.59. The predicted octanol–water partition coefficient (Wildman–Crippen LogP) is 2.86. The quantitative estimate of drug-likeness (QED) is 0.452. The molecule has 0 saturated carbocycles. The van der Waals surface area contributed by atoms with Crippen molar-refractivity contribution in [3.63, 3.8) is 0 Å². The van der Waals surface area contributed by atoms with Crippen molar-refractivity contribution in [1.29, 1.82) is 0 Å². The lowest BCUT2D eigenvalue weighted by molar-refractivity contribution is -0.144. The zero-order valence-corrected chi connectivity index (χ0v) is 18.9. The zero-order chi connectivity index (χ0) is 24.1. The van der Waals surface area contributed by atoms with E-state index in [1.165, 1.54) is 12.1 Å². The van der Waals surface area contributed by atoms with E-state index in [1.807, 2.05) is 0 Å². The molecule has 0 atom stereocenters. The van der Waals surface area contributed by atoms with Crippen molar-refractivity contribution in [2.24, 2.45) is 7.05 Å². The second kappa shape index (κ2) is 8.23. The van der Waals surface area contributed by atoms with Crippen LogP contribution in [0.1, 0.15) is 38.1 Å². The molecule has 0 amide bonds. The van der Waals surface area contributed by atoms with Gasteiger partial charge in [-0.15, -0.1) is 0 Å². The van der Waals surface area contributed by atoms with Crippen LogP contribution >= 0.6 is 19.3 Å². The number of hydrogen-bond donors (Lipinski definition) is 3. The molecular weight excluding hydrogens is 472 g/mol. The maximum absolute atomic E-state index is 13.1. The van der Waals surface area contributed by atoms with Crippen LogP contribution in [0.3, 0.4) is 0 Å². The van der Waals surface area contributed by atoms with E-state index < -0.39 is 36.4 Å². The molecule has 3 rings (SSSR count). The minimum absolute atomic E-state index is 0.00978. The number of benzene rings is 1. The van der Waals surface area contributed by atoms with Gasteiger partial charge in [0.2, 0.25) is 0 Å². The summed E-state index contributed by atoms with van der Waals surface area (Å²) in [6.07, 6.45) is -4.35. The Labute approximate surface area is 183 Å². The molecule has 14 heteroatoms. The lowest BCUT2D eigenvalue weighted by atomic mass is 9.88. The summed E-state index contributed by atoms with van der Waals surface area (Å²) in [4.78, 5) is 44.1. The van der Waals surface area contributed by atoms with Crippen molar-refractivity contribution in [3.8, 4) is 5.69 Å². The minimum atomic E-state index is -4.88. The average molecular weight is 492 g/mol. The molecule has 0 aliphatic heterocycles. The molecule has 0 fully saturated rings. The molecule has 3 aromatic rings. The van der Waals surface area contributed by atoms with Crippen LogP contribution in [0.2, 0.25) is 0 Å². The van der Waals surface area contributed by atoms with Crippen LogP contribution in [0.4, 0.5) is 13.2 Å². The van der Waals surface area contributed by atoms with E-state index in [4.69, 9.17) is 0 Å². The predicted molar refractivity (Wildman–Crippen MR) is 113 cm³/mol. The van der Waals surface area contributed by atoms with E-state index in [-0.39, 0.29) is 18.5 Å². The van der Waals surface area contributed by atoms with Crippen molar-refractivity contribution in [2.75, 3.05) is 0 Å². The molecule has 0 unspecified atom stereocenters. The Balaban J connectivity index is 2.27. The third kappa shape index (κ3) is 4.30. The first kappa shape index (κ1) is 24.3. The Bertz CT molecular complexity index is 1340. The Hall–Kier alpha value is -2.31.